The fraction of sp³-hybridized carbons (Fsp3) is 0.182. The molecule has 15 heavy (non-hydrogen) atoms. The summed E-state index contributed by atoms with van der Waals surface area (Å²) in [6.45, 7) is 0.649. The molecule has 0 aliphatic rings. The van der Waals surface area contributed by atoms with Gasteiger partial charge in [0.25, 0.3) is 0 Å². The number of nitrogens with zero attached hydrogens (tertiary/aromatic N) is 1. The SMILES string of the molecule is CNCc1ncc(-c2ccc(Br)cc2)o1. The fourth-order valence-corrected chi connectivity index (χ4v) is 1.56. The van der Waals surface area contributed by atoms with Gasteiger partial charge in [-0.05, 0) is 19.2 Å². The molecule has 0 aliphatic heterocycles. The molecular weight excluding hydrogens is 256 g/mol. The summed E-state index contributed by atoms with van der Waals surface area (Å²) >= 11 is 3.39. The highest BCUT2D eigenvalue weighted by atomic mass is 79.9. The van der Waals surface area contributed by atoms with Crippen LogP contribution in [0.15, 0.2) is 39.4 Å². The predicted molar refractivity (Wildman–Crippen MR) is 62.4 cm³/mol. The molecule has 0 aliphatic carbocycles. The third kappa shape index (κ3) is 2.46. The van der Waals surface area contributed by atoms with E-state index < -0.39 is 0 Å². The zero-order chi connectivity index (χ0) is 10.7. The van der Waals surface area contributed by atoms with Gasteiger partial charge in [0, 0.05) is 10.0 Å². The Kier molecular flexibility index (Phi) is 3.18. The second-order valence-electron chi connectivity index (χ2n) is 3.16. The molecule has 1 aromatic heterocycles. The van der Waals surface area contributed by atoms with Crippen LogP contribution in [-0.4, -0.2) is 12.0 Å². The van der Waals surface area contributed by atoms with Gasteiger partial charge in [-0.2, -0.15) is 0 Å². The minimum Gasteiger partial charge on any atom is -0.439 e. The summed E-state index contributed by atoms with van der Waals surface area (Å²) in [6.07, 6.45) is 1.75. The molecule has 3 nitrogen and oxygen atoms in total. The molecule has 0 atom stereocenters. The summed E-state index contributed by atoms with van der Waals surface area (Å²) in [7, 11) is 1.86. The molecule has 0 bridgehead atoms. The van der Waals surface area contributed by atoms with Crippen LogP contribution in [0.4, 0.5) is 0 Å². The maximum Gasteiger partial charge on any atom is 0.208 e. The molecule has 0 radical (unpaired) electrons. The van der Waals surface area contributed by atoms with Crippen LogP contribution in [0.1, 0.15) is 5.89 Å². The highest BCUT2D eigenvalue weighted by Gasteiger charge is 2.04. The molecule has 1 N–H and O–H groups in total. The van der Waals surface area contributed by atoms with Crippen molar-refractivity contribution in [2.45, 2.75) is 6.54 Å². The van der Waals surface area contributed by atoms with Crippen molar-refractivity contribution in [2.75, 3.05) is 7.05 Å². The summed E-state index contributed by atoms with van der Waals surface area (Å²) in [5.41, 5.74) is 1.04. The van der Waals surface area contributed by atoms with Crippen molar-refractivity contribution in [3.05, 3.63) is 40.8 Å². The lowest BCUT2D eigenvalue weighted by Crippen LogP contribution is -2.04. The number of oxazole rings is 1. The lowest BCUT2D eigenvalue weighted by molar-refractivity contribution is 0.491. The summed E-state index contributed by atoms with van der Waals surface area (Å²) in [6, 6.07) is 7.95. The molecule has 2 rings (SSSR count). The number of halogens is 1. The number of hydrogen-bond donors (Lipinski definition) is 1. The molecule has 0 unspecified atom stereocenters. The number of aromatic nitrogens is 1. The van der Waals surface area contributed by atoms with E-state index in [-0.39, 0.29) is 0 Å². The molecule has 0 saturated carbocycles. The van der Waals surface area contributed by atoms with Gasteiger partial charge < -0.3 is 9.73 Å². The van der Waals surface area contributed by atoms with E-state index in [2.05, 4.69) is 26.2 Å². The van der Waals surface area contributed by atoms with E-state index in [9.17, 15) is 0 Å². The Hall–Kier alpha value is -1.13. The quantitative estimate of drug-likeness (QED) is 0.929. The molecule has 1 heterocycles. The Labute approximate surface area is 96.6 Å². The molecule has 0 fully saturated rings. The largest absolute Gasteiger partial charge is 0.439 e. The summed E-state index contributed by atoms with van der Waals surface area (Å²) in [5.74, 6) is 1.50. The van der Waals surface area contributed by atoms with Gasteiger partial charge in [0.05, 0.1) is 12.7 Å². The lowest BCUT2D eigenvalue weighted by atomic mass is 10.2. The molecular formula is C11H11BrN2O. The topological polar surface area (TPSA) is 38.1 Å². The first kappa shape index (κ1) is 10.4. The van der Waals surface area contributed by atoms with Crippen LogP contribution in [0.2, 0.25) is 0 Å². The maximum absolute atomic E-state index is 5.56. The maximum atomic E-state index is 5.56. The molecule has 78 valence electrons. The van der Waals surface area contributed by atoms with Crippen LogP contribution in [-0.2, 0) is 6.54 Å². The summed E-state index contributed by atoms with van der Waals surface area (Å²) < 4.78 is 6.62. The van der Waals surface area contributed by atoms with E-state index in [1.807, 2.05) is 31.3 Å². The van der Waals surface area contributed by atoms with Crippen molar-refractivity contribution in [3.8, 4) is 11.3 Å². The number of nitrogens with one attached hydrogen (secondary N) is 1. The first-order valence-corrected chi connectivity index (χ1v) is 5.44. The van der Waals surface area contributed by atoms with E-state index in [0.717, 1.165) is 15.8 Å². The van der Waals surface area contributed by atoms with Gasteiger partial charge in [-0.15, -0.1) is 0 Å². The monoisotopic (exact) mass is 266 g/mol. The highest BCUT2D eigenvalue weighted by Crippen LogP contribution is 2.22. The van der Waals surface area contributed by atoms with Crippen LogP contribution in [0.3, 0.4) is 0 Å². The average molecular weight is 267 g/mol. The Morgan fingerprint density at radius 3 is 2.73 bits per heavy atom. The summed E-state index contributed by atoms with van der Waals surface area (Å²) in [4.78, 5) is 4.16. The first-order valence-electron chi connectivity index (χ1n) is 4.65. The van der Waals surface area contributed by atoms with Crippen molar-refractivity contribution in [2.24, 2.45) is 0 Å². The Morgan fingerprint density at radius 2 is 2.07 bits per heavy atom. The minimum atomic E-state index is 0.649. The van der Waals surface area contributed by atoms with Crippen LogP contribution >= 0.6 is 15.9 Å². The third-order valence-corrected chi connectivity index (χ3v) is 2.54. The fourth-order valence-electron chi connectivity index (χ4n) is 1.29. The van der Waals surface area contributed by atoms with E-state index in [4.69, 9.17) is 4.42 Å². The van der Waals surface area contributed by atoms with Gasteiger partial charge in [-0.25, -0.2) is 4.98 Å². The van der Waals surface area contributed by atoms with Gasteiger partial charge in [0.2, 0.25) is 5.89 Å². The van der Waals surface area contributed by atoms with Gasteiger partial charge in [0.15, 0.2) is 5.76 Å². The number of rotatable bonds is 3. The van der Waals surface area contributed by atoms with Crippen molar-refractivity contribution in [1.82, 2.24) is 10.3 Å². The van der Waals surface area contributed by atoms with E-state index in [1.54, 1.807) is 6.20 Å². The zero-order valence-electron chi connectivity index (χ0n) is 8.33. The van der Waals surface area contributed by atoms with Gasteiger partial charge in [-0.3, -0.25) is 0 Å². The summed E-state index contributed by atoms with van der Waals surface area (Å²) in [5, 5.41) is 2.99. The van der Waals surface area contributed by atoms with E-state index >= 15 is 0 Å². The van der Waals surface area contributed by atoms with Gasteiger partial charge in [-0.1, -0.05) is 28.1 Å². The second kappa shape index (κ2) is 4.59. The van der Waals surface area contributed by atoms with Crippen LogP contribution in [0.5, 0.6) is 0 Å². The molecule has 1 aromatic carbocycles. The third-order valence-electron chi connectivity index (χ3n) is 2.01. The molecule has 0 amide bonds. The number of hydrogen-bond acceptors (Lipinski definition) is 3. The van der Waals surface area contributed by atoms with Gasteiger partial charge in [0.1, 0.15) is 0 Å². The van der Waals surface area contributed by atoms with Crippen molar-refractivity contribution < 1.29 is 4.42 Å². The van der Waals surface area contributed by atoms with Crippen molar-refractivity contribution in [1.29, 1.82) is 0 Å². The second-order valence-corrected chi connectivity index (χ2v) is 4.07. The normalized spacial score (nSPS) is 10.5. The van der Waals surface area contributed by atoms with Crippen molar-refractivity contribution in [3.63, 3.8) is 0 Å². The highest BCUT2D eigenvalue weighted by molar-refractivity contribution is 9.10. The average Bonchev–Trinajstić information content (AvgIpc) is 2.68. The first-order chi connectivity index (χ1) is 7.29. The minimum absolute atomic E-state index is 0.649. The molecule has 4 heteroatoms. The zero-order valence-corrected chi connectivity index (χ0v) is 9.91. The standard InChI is InChI=1S/C11H11BrN2O/c1-13-7-11-14-6-10(15-11)8-2-4-9(12)5-3-8/h2-6,13H,7H2,1H3. The Balaban J connectivity index is 2.25. The molecule has 2 aromatic rings. The molecule has 0 spiro atoms. The predicted octanol–water partition coefficient (Wildman–Crippen LogP) is 2.82. The Morgan fingerprint density at radius 1 is 1.33 bits per heavy atom. The van der Waals surface area contributed by atoms with Crippen LogP contribution < -0.4 is 5.32 Å². The van der Waals surface area contributed by atoms with E-state index in [0.29, 0.717) is 12.4 Å². The lowest BCUT2D eigenvalue weighted by Gasteiger charge is -1.96. The Bertz CT molecular complexity index is 436. The molecule has 0 saturated heterocycles. The van der Waals surface area contributed by atoms with Gasteiger partial charge >= 0.3 is 0 Å². The van der Waals surface area contributed by atoms with E-state index in [1.165, 1.54) is 0 Å². The van der Waals surface area contributed by atoms with Crippen LogP contribution in [0.25, 0.3) is 11.3 Å². The van der Waals surface area contributed by atoms with Crippen molar-refractivity contribution >= 4 is 15.9 Å². The van der Waals surface area contributed by atoms with Crippen LogP contribution in [0, 0.1) is 0 Å². The smallest absolute Gasteiger partial charge is 0.208 e. The number of benzene rings is 1.